The van der Waals surface area contributed by atoms with Crippen molar-refractivity contribution >= 4 is 5.82 Å². The maximum atomic E-state index is 4.37. The number of rotatable bonds is 3. The molecule has 0 aliphatic carbocycles. The Bertz CT molecular complexity index is 580. The number of aryl methyl sites for hydroxylation is 1. The molecule has 4 nitrogen and oxygen atoms in total. The Morgan fingerprint density at radius 1 is 1.26 bits per heavy atom. The van der Waals surface area contributed by atoms with E-state index in [1.54, 1.807) is 6.33 Å². The summed E-state index contributed by atoms with van der Waals surface area (Å²) < 4.78 is 0. The van der Waals surface area contributed by atoms with Crippen LogP contribution in [0.1, 0.15) is 22.4 Å². The molecule has 0 atom stereocenters. The van der Waals surface area contributed by atoms with Crippen LogP contribution in [-0.4, -0.2) is 16.5 Å². The Morgan fingerprint density at radius 2 is 2.16 bits per heavy atom. The van der Waals surface area contributed by atoms with Crippen LogP contribution in [0.15, 0.2) is 30.6 Å². The molecule has 0 spiro atoms. The van der Waals surface area contributed by atoms with Crippen LogP contribution < -0.4 is 10.6 Å². The van der Waals surface area contributed by atoms with Crippen LogP contribution in [0.3, 0.4) is 0 Å². The maximum absolute atomic E-state index is 4.37. The summed E-state index contributed by atoms with van der Waals surface area (Å²) in [6, 6.07) is 8.42. The maximum Gasteiger partial charge on any atom is 0.134 e. The fraction of sp³-hybridized carbons (Fsp3) is 0.333. The molecule has 19 heavy (non-hydrogen) atoms. The highest BCUT2D eigenvalue weighted by atomic mass is 15.0. The minimum atomic E-state index is 0.802. The van der Waals surface area contributed by atoms with Crippen molar-refractivity contribution in [3.05, 3.63) is 53.0 Å². The number of nitrogens with one attached hydrogen (secondary N) is 2. The number of hydrogen-bond acceptors (Lipinski definition) is 4. The first-order valence-electron chi connectivity index (χ1n) is 6.66. The Balaban J connectivity index is 1.79. The lowest BCUT2D eigenvalue weighted by molar-refractivity contribution is 0.627. The lowest BCUT2D eigenvalue weighted by atomic mass is 10.1. The molecule has 1 aromatic carbocycles. The van der Waals surface area contributed by atoms with E-state index in [0.717, 1.165) is 31.9 Å². The van der Waals surface area contributed by atoms with Gasteiger partial charge in [-0.1, -0.05) is 24.3 Å². The van der Waals surface area contributed by atoms with Gasteiger partial charge in [-0.05, 0) is 18.1 Å². The molecule has 0 unspecified atom stereocenters. The molecule has 1 aliphatic heterocycles. The van der Waals surface area contributed by atoms with Crippen LogP contribution in [0.25, 0.3) is 0 Å². The molecular formula is C15H18N4. The third-order valence-corrected chi connectivity index (χ3v) is 3.58. The summed E-state index contributed by atoms with van der Waals surface area (Å²) in [6.45, 7) is 4.79. The van der Waals surface area contributed by atoms with Gasteiger partial charge in [0.2, 0.25) is 0 Å². The van der Waals surface area contributed by atoms with E-state index in [4.69, 9.17) is 0 Å². The van der Waals surface area contributed by atoms with Gasteiger partial charge in [0.05, 0.1) is 5.69 Å². The minimum absolute atomic E-state index is 0.802. The van der Waals surface area contributed by atoms with E-state index in [1.807, 2.05) is 0 Å². The Labute approximate surface area is 113 Å². The summed E-state index contributed by atoms with van der Waals surface area (Å²) in [6.07, 6.45) is 2.64. The number of nitrogens with zero attached hydrogens (tertiary/aromatic N) is 2. The van der Waals surface area contributed by atoms with E-state index in [0.29, 0.717) is 0 Å². The predicted octanol–water partition coefficient (Wildman–Crippen LogP) is 2.04. The molecule has 0 bridgehead atoms. The van der Waals surface area contributed by atoms with E-state index in [1.165, 1.54) is 22.4 Å². The summed E-state index contributed by atoms with van der Waals surface area (Å²) in [5, 5.41) is 6.81. The van der Waals surface area contributed by atoms with Gasteiger partial charge in [-0.25, -0.2) is 9.97 Å². The monoisotopic (exact) mass is 254 g/mol. The lowest BCUT2D eigenvalue weighted by Gasteiger charge is -2.19. The third-order valence-electron chi connectivity index (χ3n) is 3.58. The van der Waals surface area contributed by atoms with Crippen LogP contribution in [-0.2, 0) is 19.5 Å². The molecule has 0 radical (unpaired) electrons. The summed E-state index contributed by atoms with van der Waals surface area (Å²) in [7, 11) is 0. The third kappa shape index (κ3) is 2.58. The summed E-state index contributed by atoms with van der Waals surface area (Å²) in [5.41, 5.74) is 4.98. The Hall–Kier alpha value is -1.94. The number of benzene rings is 1. The van der Waals surface area contributed by atoms with Crippen molar-refractivity contribution in [1.82, 2.24) is 15.3 Å². The van der Waals surface area contributed by atoms with Crippen LogP contribution >= 0.6 is 0 Å². The number of hydrogen-bond donors (Lipinski definition) is 2. The molecule has 0 saturated heterocycles. The van der Waals surface area contributed by atoms with Crippen molar-refractivity contribution in [3.63, 3.8) is 0 Å². The topological polar surface area (TPSA) is 49.8 Å². The van der Waals surface area contributed by atoms with E-state index in [9.17, 15) is 0 Å². The Kier molecular flexibility index (Phi) is 3.42. The molecule has 0 saturated carbocycles. The number of fused-ring (bicyclic) bond motifs is 1. The van der Waals surface area contributed by atoms with Gasteiger partial charge in [0.25, 0.3) is 0 Å². The van der Waals surface area contributed by atoms with Gasteiger partial charge < -0.3 is 10.6 Å². The van der Waals surface area contributed by atoms with Gasteiger partial charge in [0, 0.05) is 31.6 Å². The normalized spacial score (nSPS) is 13.9. The van der Waals surface area contributed by atoms with Gasteiger partial charge >= 0.3 is 0 Å². The first kappa shape index (κ1) is 12.1. The van der Waals surface area contributed by atoms with E-state index < -0.39 is 0 Å². The molecular weight excluding hydrogens is 236 g/mol. The quantitative estimate of drug-likeness (QED) is 0.880. The molecule has 0 fully saturated rings. The van der Waals surface area contributed by atoms with Gasteiger partial charge in [0.15, 0.2) is 0 Å². The van der Waals surface area contributed by atoms with Crippen molar-refractivity contribution in [3.8, 4) is 0 Å². The van der Waals surface area contributed by atoms with Crippen molar-refractivity contribution in [2.75, 3.05) is 11.9 Å². The van der Waals surface area contributed by atoms with Crippen molar-refractivity contribution < 1.29 is 0 Å². The fourth-order valence-electron chi connectivity index (χ4n) is 2.41. The van der Waals surface area contributed by atoms with Gasteiger partial charge in [-0.3, -0.25) is 0 Å². The zero-order valence-electron chi connectivity index (χ0n) is 11.1. The average Bonchev–Trinajstić information content (AvgIpc) is 2.46. The van der Waals surface area contributed by atoms with E-state index in [2.05, 4.69) is 51.8 Å². The summed E-state index contributed by atoms with van der Waals surface area (Å²) in [5.74, 6) is 0.959. The molecule has 4 heteroatoms. The van der Waals surface area contributed by atoms with Gasteiger partial charge in [0.1, 0.15) is 12.1 Å². The molecule has 2 heterocycles. The summed E-state index contributed by atoms with van der Waals surface area (Å²) in [4.78, 5) is 8.74. The largest absolute Gasteiger partial charge is 0.366 e. The van der Waals surface area contributed by atoms with Crippen LogP contribution in [0, 0.1) is 6.92 Å². The SMILES string of the molecule is Cc1ccccc1CNc1ncnc2c1CNCC2. The lowest BCUT2D eigenvalue weighted by Crippen LogP contribution is -2.26. The predicted molar refractivity (Wildman–Crippen MR) is 75.9 cm³/mol. The smallest absolute Gasteiger partial charge is 0.134 e. The molecule has 0 amide bonds. The molecule has 98 valence electrons. The second-order valence-corrected chi connectivity index (χ2v) is 4.85. The second kappa shape index (κ2) is 5.36. The Morgan fingerprint density at radius 3 is 3.05 bits per heavy atom. The first-order valence-corrected chi connectivity index (χ1v) is 6.66. The number of aromatic nitrogens is 2. The molecule has 2 N–H and O–H groups in total. The highest BCUT2D eigenvalue weighted by Crippen LogP contribution is 2.19. The fourth-order valence-corrected chi connectivity index (χ4v) is 2.41. The van der Waals surface area contributed by atoms with E-state index in [-0.39, 0.29) is 0 Å². The summed E-state index contributed by atoms with van der Waals surface area (Å²) >= 11 is 0. The van der Waals surface area contributed by atoms with Gasteiger partial charge in [-0.15, -0.1) is 0 Å². The molecule has 3 rings (SSSR count). The zero-order valence-corrected chi connectivity index (χ0v) is 11.1. The van der Waals surface area contributed by atoms with Crippen molar-refractivity contribution in [1.29, 1.82) is 0 Å². The zero-order chi connectivity index (χ0) is 13.1. The van der Waals surface area contributed by atoms with Crippen molar-refractivity contribution in [2.24, 2.45) is 0 Å². The molecule has 1 aromatic heterocycles. The van der Waals surface area contributed by atoms with Crippen LogP contribution in [0.4, 0.5) is 5.82 Å². The first-order chi connectivity index (χ1) is 9.34. The van der Waals surface area contributed by atoms with Crippen LogP contribution in [0.2, 0.25) is 0 Å². The minimum Gasteiger partial charge on any atom is -0.366 e. The highest BCUT2D eigenvalue weighted by Gasteiger charge is 2.14. The van der Waals surface area contributed by atoms with Crippen molar-refractivity contribution in [2.45, 2.75) is 26.4 Å². The average molecular weight is 254 g/mol. The van der Waals surface area contributed by atoms with E-state index >= 15 is 0 Å². The highest BCUT2D eigenvalue weighted by molar-refractivity contribution is 5.47. The molecule has 2 aromatic rings. The molecule has 1 aliphatic rings. The van der Waals surface area contributed by atoms with Gasteiger partial charge in [-0.2, -0.15) is 0 Å². The number of anilines is 1. The standard InChI is InChI=1S/C15H18N4/c1-11-4-2-3-5-12(11)8-17-15-13-9-16-7-6-14(13)18-10-19-15/h2-5,10,16H,6-9H2,1H3,(H,17,18,19). The second-order valence-electron chi connectivity index (χ2n) is 4.85. The van der Waals surface area contributed by atoms with Crippen LogP contribution in [0.5, 0.6) is 0 Å².